The largest absolute Gasteiger partial charge is 0.350 e. The summed E-state index contributed by atoms with van der Waals surface area (Å²) in [5.41, 5.74) is 1.38. The summed E-state index contributed by atoms with van der Waals surface area (Å²) >= 11 is 6.09. The van der Waals surface area contributed by atoms with Crippen molar-refractivity contribution in [2.45, 2.75) is 13.1 Å². The van der Waals surface area contributed by atoms with Crippen LogP contribution in [0.4, 0.5) is 0 Å². The first-order chi connectivity index (χ1) is 15.0. The van der Waals surface area contributed by atoms with Crippen LogP contribution >= 0.6 is 11.6 Å². The number of benzene rings is 2. The van der Waals surface area contributed by atoms with E-state index >= 15 is 0 Å². The maximum absolute atomic E-state index is 13.0. The van der Waals surface area contributed by atoms with E-state index in [1.165, 1.54) is 24.7 Å². The average molecular weight is 432 g/mol. The molecule has 0 atom stereocenters. The summed E-state index contributed by atoms with van der Waals surface area (Å²) in [5.74, 6) is -0.682. The van der Waals surface area contributed by atoms with E-state index in [2.05, 4.69) is 10.3 Å². The number of carbonyl (C=O) groups excluding carboxylic acids is 2. The molecule has 0 spiro atoms. The highest BCUT2D eigenvalue weighted by atomic mass is 35.5. The second-order valence-electron chi connectivity index (χ2n) is 6.99. The number of hydrogen-bond acceptors (Lipinski definition) is 4. The SMILES string of the molecule is O=C(Cn1cc(C(=O)c2ccncc2)c(=O)c2cc(Cl)ccc21)NCc1ccccc1. The number of hydrogen-bond donors (Lipinski definition) is 1. The zero-order valence-corrected chi connectivity index (χ0v) is 17.2. The maximum atomic E-state index is 13.0. The number of pyridine rings is 2. The summed E-state index contributed by atoms with van der Waals surface area (Å²) in [4.78, 5) is 42.5. The van der Waals surface area contributed by atoms with Gasteiger partial charge in [-0.3, -0.25) is 19.4 Å². The monoisotopic (exact) mass is 431 g/mol. The highest BCUT2D eigenvalue weighted by Crippen LogP contribution is 2.19. The van der Waals surface area contributed by atoms with Crippen LogP contribution in [0.2, 0.25) is 5.02 Å². The number of ketones is 1. The van der Waals surface area contributed by atoms with Gasteiger partial charge in [0.2, 0.25) is 11.3 Å². The molecule has 4 aromatic rings. The number of rotatable bonds is 6. The molecule has 1 amide bonds. The van der Waals surface area contributed by atoms with Crippen LogP contribution < -0.4 is 10.7 Å². The minimum Gasteiger partial charge on any atom is -0.350 e. The summed E-state index contributed by atoms with van der Waals surface area (Å²) in [6, 6.07) is 17.5. The molecule has 0 fully saturated rings. The van der Waals surface area contributed by atoms with E-state index in [0.29, 0.717) is 22.6 Å². The van der Waals surface area contributed by atoms with Crippen molar-refractivity contribution < 1.29 is 9.59 Å². The van der Waals surface area contributed by atoms with Crippen molar-refractivity contribution >= 4 is 34.2 Å². The Balaban J connectivity index is 1.70. The molecule has 0 aliphatic heterocycles. The molecule has 6 nitrogen and oxygen atoms in total. The molecule has 2 aromatic heterocycles. The van der Waals surface area contributed by atoms with Crippen molar-refractivity contribution in [3.8, 4) is 0 Å². The number of fused-ring (bicyclic) bond motifs is 1. The minimum absolute atomic E-state index is 0.0307. The van der Waals surface area contributed by atoms with Gasteiger partial charge < -0.3 is 9.88 Å². The van der Waals surface area contributed by atoms with E-state index in [1.807, 2.05) is 30.3 Å². The van der Waals surface area contributed by atoms with Crippen molar-refractivity contribution in [3.63, 3.8) is 0 Å². The Morgan fingerprint density at radius 2 is 1.74 bits per heavy atom. The Hall–Kier alpha value is -3.77. The van der Waals surface area contributed by atoms with Crippen molar-refractivity contribution in [3.05, 3.63) is 111 Å². The maximum Gasteiger partial charge on any atom is 0.240 e. The van der Waals surface area contributed by atoms with Crippen LogP contribution in [0.5, 0.6) is 0 Å². The van der Waals surface area contributed by atoms with Crippen LogP contribution in [-0.4, -0.2) is 21.2 Å². The van der Waals surface area contributed by atoms with Crippen LogP contribution in [0.15, 0.2) is 84.0 Å². The number of halogens is 1. The van der Waals surface area contributed by atoms with Crippen LogP contribution in [0, 0.1) is 0 Å². The van der Waals surface area contributed by atoms with Gasteiger partial charge in [0, 0.05) is 41.1 Å². The van der Waals surface area contributed by atoms with E-state index in [1.54, 1.807) is 28.8 Å². The predicted molar refractivity (Wildman–Crippen MR) is 119 cm³/mol. The zero-order chi connectivity index (χ0) is 21.8. The summed E-state index contributed by atoms with van der Waals surface area (Å²) in [5, 5.41) is 3.52. The Morgan fingerprint density at radius 3 is 2.48 bits per heavy atom. The molecule has 2 heterocycles. The molecular formula is C24H18ClN3O3. The van der Waals surface area contributed by atoms with Crippen molar-refractivity contribution in [2.75, 3.05) is 0 Å². The number of aromatic nitrogens is 2. The molecule has 0 unspecified atom stereocenters. The third-order valence-corrected chi connectivity index (χ3v) is 5.11. The molecule has 7 heteroatoms. The topological polar surface area (TPSA) is 81.1 Å². The van der Waals surface area contributed by atoms with Gasteiger partial charge in [-0.2, -0.15) is 0 Å². The first-order valence-corrected chi connectivity index (χ1v) is 9.99. The van der Waals surface area contributed by atoms with Gasteiger partial charge in [-0.25, -0.2) is 0 Å². The molecule has 2 aromatic carbocycles. The minimum atomic E-state index is -0.437. The average Bonchev–Trinajstić information content (AvgIpc) is 2.80. The fourth-order valence-corrected chi connectivity index (χ4v) is 3.50. The Bertz CT molecular complexity index is 1320. The van der Waals surface area contributed by atoms with Crippen LogP contribution in [0.25, 0.3) is 10.9 Å². The van der Waals surface area contributed by atoms with Gasteiger partial charge in [-0.15, -0.1) is 0 Å². The molecule has 0 aliphatic rings. The standard InChI is InChI=1S/C24H18ClN3O3/c25-18-6-7-21-19(12-18)24(31)20(23(30)17-8-10-26-11-9-17)14-28(21)15-22(29)27-13-16-4-2-1-3-5-16/h1-12,14H,13,15H2,(H,27,29). The van der Waals surface area contributed by atoms with Gasteiger partial charge in [0.05, 0.1) is 11.1 Å². The summed E-state index contributed by atoms with van der Waals surface area (Å²) in [7, 11) is 0. The van der Waals surface area contributed by atoms with Gasteiger partial charge in [-0.1, -0.05) is 41.9 Å². The molecule has 154 valence electrons. The normalized spacial score (nSPS) is 10.7. The number of amides is 1. The van der Waals surface area contributed by atoms with Crippen LogP contribution in [0.1, 0.15) is 21.5 Å². The van der Waals surface area contributed by atoms with E-state index < -0.39 is 11.2 Å². The van der Waals surface area contributed by atoms with Gasteiger partial charge in [-0.05, 0) is 35.9 Å². The molecule has 4 rings (SSSR count). The predicted octanol–water partition coefficient (Wildman–Crippen LogP) is 3.60. The Morgan fingerprint density at radius 1 is 1.00 bits per heavy atom. The molecule has 0 saturated heterocycles. The van der Waals surface area contributed by atoms with E-state index in [0.717, 1.165) is 5.56 Å². The first-order valence-electron chi connectivity index (χ1n) is 9.61. The van der Waals surface area contributed by atoms with Gasteiger partial charge in [0.15, 0.2) is 5.78 Å². The molecule has 0 radical (unpaired) electrons. The third kappa shape index (κ3) is 4.54. The first kappa shape index (κ1) is 20.5. The fourth-order valence-electron chi connectivity index (χ4n) is 3.33. The van der Waals surface area contributed by atoms with Gasteiger partial charge in [0.1, 0.15) is 6.54 Å². The van der Waals surface area contributed by atoms with Crippen molar-refractivity contribution in [1.29, 1.82) is 0 Å². The lowest BCUT2D eigenvalue weighted by molar-refractivity contribution is -0.121. The second kappa shape index (κ2) is 8.93. The van der Waals surface area contributed by atoms with Crippen LogP contribution in [-0.2, 0) is 17.9 Å². The Kier molecular flexibility index (Phi) is 5.91. The Labute approximate surface area is 183 Å². The molecular weight excluding hydrogens is 414 g/mol. The summed E-state index contributed by atoms with van der Waals surface area (Å²) in [6.45, 7) is 0.328. The molecule has 0 bridgehead atoms. The van der Waals surface area contributed by atoms with Crippen molar-refractivity contribution in [1.82, 2.24) is 14.9 Å². The lowest BCUT2D eigenvalue weighted by Crippen LogP contribution is -2.29. The lowest BCUT2D eigenvalue weighted by atomic mass is 10.0. The lowest BCUT2D eigenvalue weighted by Gasteiger charge is -2.14. The second-order valence-corrected chi connectivity index (χ2v) is 7.43. The molecule has 0 aliphatic carbocycles. The summed E-state index contributed by atoms with van der Waals surface area (Å²) < 4.78 is 1.60. The van der Waals surface area contributed by atoms with E-state index in [9.17, 15) is 14.4 Å². The van der Waals surface area contributed by atoms with Gasteiger partial charge in [0.25, 0.3) is 0 Å². The molecule has 0 saturated carbocycles. The zero-order valence-electron chi connectivity index (χ0n) is 16.4. The van der Waals surface area contributed by atoms with Crippen molar-refractivity contribution in [2.24, 2.45) is 0 Å². The number of nitrogens with one attached hydrogen (secondary N) is 1. The van der Waals surface area contributed by atoms with E-state index in [4.69, 9.17) is 11.6 Å². The molecule has 1 N–H and O–H groups in total. The highest BCUT2D eigenvalue weighted by Gasteiger charge is 2.18. The number of carbonyl (C=O) groups is 2. The fraction of sp³-hybridized carbons (Fsp3) is 0.0833. The molecule has 31 heavy (non-hydrogen) atoms. The van der Waals surface area contributed by atoms with Crippen LogP contribution in [0.3, 0.4) is 0 Å². The van der Waals surface area contributed by atoms with Gasteiger partial charge >= 0.3 is 0 Å². The highest BCUT2D eigenvalue weighted by molar-refractivity contribution is 6.31. The number of nitrogens with zero attached hydrogens (tertiary/aromatic N) is 2. The third-order valence-electron chi connectivity index (χ3n) is 4.88. The summed E-state index contributed by atoms with van der Waals surface area (Å²) in [6.07, 6.45) is 4.41. The quantitative estimate of drug-likeness (QED) is 0.473. The van der Waals surface area contributed by atoms with E-state index in [-0.39, 0.29) is 23.4 Å². The smallest absolute Gasteiger partial charge is 0.240 e.